The predicted molar refractivity (Wildman–Crippen MR) is 253 cm³/mol. The van der Waals surface area contributed by atoms with E-state index < -0.39 is 5.41 Å². The molecule has 1 heteroatoms. The molecule has 0 bridgehead atoms. The smallest absolute Gasteiger partial charge is 0.131 e. The molecule has 3 aliphatic carbocycles. The van der Waals surface area contributed by atoms with E-state index in [-0.39, 0.29) is 11.3 Å². The van der Waals surface area contributed by atoms with Gasteiger partial charge in [-0.3, -0.25) is 0 Å². The molecule has 0 aromatic heterocycles. The molecule has 0 fully saturated rings. The van der Waals surface area contributed by atoms with Crippen LogP contribution in [-0.4, -0.2) is 0 Å². The number of hydrogen-bond acceptors (Lipinski definition) is 1. The van der Waals surface area contributed by atoms with E-state index in [0.717, 1.165) is 11.5 Å². The summed E-state index contributed by atoms with van der Waals surface area (Å²) >= 11 is 0. The lowest BCUT2D eigenvalue weighted by molar-refractivity contribution is 0.305. The Kier molecular flexibility index (Phi) is 7.18. The van der Waals surface area contributed by atoms with Crippen molar-refractivity contribution in [1.82, 2.24) is 0 Å². The van der Waals surface area contributed by atoms with Crippen LogP contribution in [0.4, 0.5) is 0 Å². The summed E-state index contributed by atoms with van der Waals surface area (Å²) < 4.78 is 6.68. The van der Waals surface area contributed by atoms with Crippen molar-refractivity contribution in [2.24, 2.45) is 11.8 Å². The van der Waals surface area contributed by atoms with Crippen LogP contribution in [0.5, 0.6) is 11.5 Å². The van der Waals surface area contributed by atoms with E-state index in [2.05, 4.69) is 220 Å². The molecule has 0 radical (unpaired) electrons. The topological polar surface area (TPSA) is 9.23 Å². The predicted octanol–water partition coefficient (Wildman–Crippen LogP) is 15.5. The molecule has 9 aromatic carbocycles. The van der Waals surface area contributed by atoms with E-state index in [0.29, 0.717) is 5.92 Å². The maximum atomic E-state index is 6.68. The van der Waals surface area contributed by atoms with Crippen molar-refractivity contribution in [3.63, 3.8) is 0 Å². The van der Waals surface area contributed by atoms with Crippen LogP contribution in [0, 0.1) is 11.8 Å². The molecule has 288 valence electrons. The summed E-state index contributed by atoms with van der Waals surface area (Å²) in [5.74, 6) is 2.55. The lowest BCUT2D eigenvalue weighted by Crippen LogP contribution is -2.38. The SMILES string of the molecule is CC1C=CC=CC1C1(C)c2ccccc2Oc2ccc(-c3ccc(-c4ccc5c(c4)C4(c6ccccc6-5)c5ccccc5-c5c4ccc4ccccc54)c4ccccc34)cc21. The minimum Gasteiger partial charge on any atom is -0.457 e. The fourth-order valence-electron chi connectivity index (χ4n) is 12.1. The Labute approximate surface area is 356 Å². The number of benzene rings is 9. The summed E-state index contributed by atoms with van der Waals surface area (Å²) in [7, 11) is 0. The molecule has 1 aliphatic heterocycles. The fraction of sp³-hybridized carbons (Fsp3) is 0.100. The highest BCUT2D eigenvalue weighted by atomic mass is 16.5. The average Bonchev–Trinajstić information content (AvgIpc) is 3.79. The van der Waals surface area contributed by atoms with Crippen LogP contribution in [-0.2, 0) is 10.8 Å². The largest absolute Gasteiger partial charge is 0.457 e. The molecule has 0 saturated carbocycles. The summed E-state index contributed by atoms with van der Waals surface area (Å²) in [6, 6.07) is 68.3. The number of para-hydroxylation sites is 1. The highest BCUT2D eigenvalue weighted by molar-refractivity contribution is 6.08. The molecule has 4 aliphatic rings. The molecule has 4 unspecified atom stereocenters. The van der Waals surface area contributed by atoms with Gasteiger partial charge in [-0.05, 0) is 124 Å². The van der Waals surface area contributed by atoms with Gasteiger partial charge in [-0.2, -0.15) is 0 Å². The van der Waals surface area contributed by atoms with Crippen LogP contribution < -0.4 is 4.74 Å². The Morgan fingerprint density at radius 3 is 1.74 bits per heavy atom. The third-order valence-corrected chi connectivity index (χ3v) is 14.8. The van der Waals surface area contributed by atoms with Gasteiger partial charge in [0.25, 0.3) is 0 Å². The van der Waals surface area contributed by atoms with Crippen LogP contribution in [0.25, 0.3) is 66.1 Å². The standard InChI is InChI=1S/C60H42O/c1-37-15-3-10-22-49(37)59(2)52-25-13-14-26-56(52)61-57-34-29-40(36-55(57)59)42-32-31-41(44-18-6-7-19-45(42)44)39-27-30-47-46-20-8-11-23-50(46)60(54(47)35-39)51-24-12-9-21-48(51)58-43-17-5-4-16-38(43)28-33-53(58)60/h3-37,49H,1-2H3. The maximum absolute atomic E-state index is 6.68. The van der Waals surface area contributed by atoms with Crippen LogP contribution in [0.1, 0.15) is 47.2 Å². The van der Waals surface area contributed by atoms with Crippen molar-refractivity contribution >= 4 is 21.5 Å². The normalized spacial score (nSPS) is 21.1. The van der Waals surface area contributed by atoms with Gasteiger partial charge in [-0.15, -0.1) is 0 Å². The zero-order valence-electron chi connectivity index (χ0n) is 34.2. The molecule has 0 saturated heterocycles. The number of allylic oxidation sites excluding steroid dienone is 4. The van der Waals surface area contributed by atoms with Gasteiger partial charge in [0.2, 0.25) is 0 Å². The Balaban J connectivity index is 0.997. The second kappa shape index (κ2) is 12.6. The van der Waals surface area contributed by atoms with Crippen molar-refractivity contribution in [3.8, 4) is 56.0 Å². The molecule has 0 amide bonds. The van der Waals surface area contributed by atoms with Gasteiger partial charge < -0.3 is 4.74 Å². The Bertz CT molecular complexity index is 3400. The van der Waals surface area contributed by atoms with Gasteiger partial charge >= 0.3 is 0 Å². The van der Waals surface area contributed by atoms with Crippen LogP contribution in [0.2, 0.25) is 0 Å². The summed E-state index contributed by atoms with van der Waals surface area (Å²) in [4.78, 5) is 0. The second-order valence-electron chi connectivity index (χ2n) is 17.7. The molecule has 9 aromatic rings. The Morgan fingerprint density at radius 1 is 0.410 bits per heavy atom. The van der Waals surface area contributed by atoms with E-state index in [1.54, 1.807) is 0 Å². The third-order valence-electron chi connectivity index (χ3n) is 14.8. The lowest BCUT2D eigenvalue weighted by Gasteiger charge is -2.44. The lowest BCUT2D eigenvalue weighted by atomic mass is 9.61. The van der Waals surface area contributed by atoms with Gasteiger partial charge in [0.15, 0.2) is 0 Å². The van der Waals surface area contributed by atoms with Crippen molar-refractivity contribution in [3.05, 3.63) is 240 Å². The zero-order valence-corrected chi connectivity index (χ0v) is 34.2. The van der Waals surface area contributed by atoms with Crippen LogP contribution in [0.15, 0.2) is 206 Å². The molecular weight excluding hydrogens is 737 g/mol. The number of fused-ring (bicyclic) bond motifs is 15. The molecule has 0 N–H and O–H groups in total. The first-order valence-electron chi connectivity index (χ1n) is 21.7. The van der Waals surface area contributed by atoms with Crippen molar-refractivity contribution in [2.75, 3.05) is 0 Å². The van der Waals surface area contributed by atoms with Crippen molar-refractivity contribution in [2.45, 2.75) is 24.7 Å². The summed E-state index contributed by atoms with van der Waals surface area (Å²) in [6.07, 6.45) is 9.15. The van der Waals surface area contributed by atoms with Gasteiger partial charge in [0.1, 0.15) is 11.5 Å². The molecule has 1 spiro atoms. The van der Waals surface area contributed by atoms with Crippen molar-refractivity contribution in [1.29, 1.82) is 0 Å². The first-order valence-corrected chi connectivity index (χ1v) is 21.7. The zero-order chi connectivity index (χ0) is 40.5. The van der Waals surface area contributed by atoms with Gasteiger partial charge in [-0.1, -0.05) is 196 Å². The number of ether oxygens (including phenoxy) is 1. The van der Waals surface area contributed by atoms with E-state index in [9.17, 15) is 0 Å². The molecule has 61 heavy (non-hydrogen) atoms. The fourth-order valence-corrected chi connectivity index (χ4v) is 12.1. The van der Waals surface area contributed by atoms with Crippen molar-refractivity contribution < 1.29 is 4.74 Å². The van der Waals surface area contributed by atoms with Gasteiger partial charge in [0.05, 0.1) is 5.41 Å². The minimum atomic E-state index is -0.426. The summed E-state index contributed by atoms with van der Waals surface area (Å²) in [5, 5.41) is 5.08. The van der Waals surface area contributed by atoms with Crippen LogP contribution in [0.3, 0.4) is 0 Å². The van der Waals surface area contributed by atoms with E-state index in [4.69, 9.17) is 4.74 Å². The van der Waals surface area contributed by atoms with E-state index in [1.165, 1.54) is 99.4 Å². The first-order chi connectivity index (χ1) is 30.0. The second-order valence-corrected chi connectivity index (χ2v) is 17.7. The van der Waals surface area contributed by atoms with Gasteiger partial charge in [-0.25, -0.2) is 0 Å². The molecular formula is C60H42O. The quantitative estimate of drug-likeness (QED) is 0.174. The Morgan fingerprint density at radius 2 is 0.967 bits per heavy atom. The van der Waals surface area contributed by atoms with E-state index >= 15 is 0 Å². The number of rotatable bonds is 3. The highest BCUT2D eigenvalue weighted by Crippen LogP contribution is 2.64. The molecule has 13 rings (SSSR count). The average molecular weight is 779 g/mol. The molecule has 4 atom stereocenters. The van der Waals surface area contributed by atoms with E-state index in [1.807, 2.05) is 0 Å². The molecule has 1 heterocycles. The number of hydrogen-bond donors (Lipinski definition) is 0. The highest BCUT2D eigenvalue weighted by Gasteiger charge is 2.52. The minimum absolute atomic E-state index is 0.279. The maximum Gasteiger partial charge on any atom is 0.131 e. The third kappa shape index (κ3) is 4.56. The summed E-state index contributed by atoms with van der Waals surface area (Å²) in [6.45, 7) is 4.76. The van der Waals surface area contributed by atoms with Gasteiger partial charge in [0, 0.05) is 16.5 Å². The van der Waals surface area contributed by atoms with Crippen LogP contribution >= 0.6 is 0 Å². The first kappa shape index (κ1) is 34.6. The monoisotopic (exact) mass is 778 g/mol. The summed E-state index contributed by atoms with van der Waals surface area (Å²) in [5.41, 5.74) is 17.5. The molecule has 1 nitrogen and oxygen atoms in total. The Hall–Kier alpha value is -7.22.